The van der Waals surface area contributed by atoms with Crippen molar-refractivity contribution in [3.63, 3.8) is 0 Å². The first-order valence-electron chi connectivity index (χ1n) is 10.1. The summed E-state index contributed by atoms with van der Waals surface area (Å²) in [4.78, 5) is 29.6. The second-order valence-corrected chi connectivity index (χ2v) is 7.73. The van der Waals surface area contributed by atoms with Crippen LogP contribution >= 0.6 is 0 Å². The van der Waals surface area contributed by atoms with Crippen LogP contribution in [0.3, 0.4) is 0 Å². The van der Waals surface area contributed by atoms with Gasteiger partial charge in [-0.3, -0.25) is 9.36 Å². The number of rotatable bonds is 4. The molecule has 0 aliphatic heterocycles. The van der Waals surface area contributed by atoms with E-state index in [0.717, 1.165) is 38.8 Å². The second kappa shape index (κ2) is 7.36. The average Bonchev–Trinajstić information content (AvgIpc) is 3.23. The van der Waals surface area contributed by atoms with Gasteiger partial charge in [0.2, 0.25) is 0 Å². The third kappa shape index (κ3) is 3.15. The van der Waals surface area contributed by atoms with Gasteiger partial charge in [-0.25, -0.2) is 15.0 Å². The number of imidazole rings is 1. The van der Waals surface area contributed by atoms with Crippen molar-refractivity contribution in [3.05, 3.63) is 87.9 Å². The van der Waals surface area contributed by atoms with Crippen molar-refractivity contribution in [2.75, 3.05) is 5.32 Å². The van der Waals surface area contributed by atoms with Crippen molar-refractivity contribution in [3.8, 4) is 5.69 Å². The van der Waals surface area contributed by atoms with Crippen molar-refractivity contribution in [2.24, 2.45) is 0 Å². The standard InChI is InChI=1S/C24H22N6O/c1-14-6-5-9-17-10-18(11-25-22-20-23(27-12-26-20)29-13-28-22)30(24(31)19(14)17)21-15(2)7-4-8-16(21)3/h4-10,12-13H,11H2,1-3H3,(H2,25,26,27,28,29). The van der Waals surface area contributed by atoms with Crippen LogP contribution < -0.4 is 10.9 Å². The van der Waals surface area contributed by atoms with E-state index in [-0.39, 0.29) is 5.56 Å². The highest BCUT2D eigenvalue weighted by atomic mass is 16.1. The highest BCUT2D eigenvalue weighted by Crippen LogP contribution is 2.24. The molecule has 0 aliphatic rings. The number of aromatic amines is 1. The second-order valence-electron chi connectivity index (χ2n) is 7.73. The van der Waals surface area contributed by atoms with Gasteiger partial charge >= 0.3 is 0 Å². The fourth-order valence-corrected chi connectivity index (χ4v) is 4.19. The molecule has 0 atom stereocenters. The molecule has 0 saturated carbocycles. The maximum absolute atomic E-state index is 13.7. The Morgan fingerprint density at radius 3 is 2.52 bits per heavy atom. The van der Waals surface area contributed by atoms with Crippen LogP contribution in [0.25, 0.3) is 27.6 Å². The van der Waals surface area contributed by atoms with Crippen molar-refractivity contribution in [2.45, 2.75) is 27.3 Å². The fraction of sp³-hybridized carbons (Fsp3) is 0.167. The Morgan fingerprint density at radius 1 is 0.968 bits per heavy atom. The summed E-state index contributed by atoms with van der Waals surface area (Å²) in [7, 11) is 0. The molecule has 0 fully saturated rings. The number of nitrogens with zero attached hydrogens (tertiary/aromatic N) is 4. The summed E-state index contributed by atoms with van der Waals surface area (Å²) in [6, 6.07) is 14.1. The summed E-state index contributed by atoms with van der Waals surface area (Å²) >= 11 is 0. The zero-order valence-electron chi connectivity index (χ0n) is 17.6. The van der Waals surface area contributed by atoms with Gasteiger partial charge in [0.25, 0.3) is 5.56 Å². The lowest BCUT2D eigenvalue weighted by atomic mass is 10.0. The van der Waals surface area contributed by atoms with E-state index in [1.807, 2.05) is 61.7 Å². The van der Waals surface area contributed by atoms with Gasteiger partial charge in [-0.1, -0.05) is 36.4 Å². The number of para-hydroxylation sites is 1. The molecule has 7 nitrogen and oxygen atoms in total. The molecule has 7 heteroatoms. The normalized spacial score (nSPS) is 11.3. The molecule has 154 valence electrons. The molecule has 0 saturated heterocycles. The summed E-state index contributed by atoms with van der Waals surface area (Å²) in [6.45, 7) is 6.45. The van der Waals surface area contributed by atoms with E-state index in [9.17, 15) is 4.79 Å². The van der Waals surface area contributed by atoms with Crippen molar-refractivity contribution in [1.82, 2.24) is 24.5 Å². The average molecular weight is 410 g/mol. The van der Waals surface area contributed by atoms with Crippen molar-refractivity contribution < 1.29 is 0 Å². The van der Waals surface area contributed by atoms with E-state index in [1.54, 1.807) is 6.33 Å². The van der Waals surface area contributed by atoms with Crippen LogP contribution in [0.5, 0.6) is 0 Å². The Balaban J connectivity index is 1.71. The summed E-state index contributed by atoms with van der Waals surface area (Å²) in [5, 5.41) is 5.02. The molecule has 0 amide bonds. The molecule has 0 radical (unpaired) electrons. The Hall–Kier alpha value is -4.00. The number of benzene rings is 2. The first-order chi connectivity index (χ1) is 15.0. The largest absolute Gasteiger partial charge is 0.363 e. The smallest absolute Gasteiger partial charge is 0.263 e. The number of anilines is 1. The van der Waals surface area contributed by atoms with E-state index in [0.29, 0.717) is 23.5 Å². The van der Waals surface area contributed by atoms with Crippen LogP contribution in [0.15, 0.2) is 59.9 Å². The number of hydrogen-bond donors (Lipinski definition) is 2. The molecular formula is C24H22N6O. The molecule has 0 unspecified atom stereocenters. The van der Waals surface area contributed by atoms with Gasteiger partial charge in [-0.2, -0.15) is 0 Å². The zero-order valence-corrected chi connectivity index (χ0v) is 17.6. The third-order valence-corrected chi connectivity index (χ3v) is 5.65. The molecule has 5 aromatic rings. The van der Waals surface area contributed by atoms with Gasteiger partial charge in [0, 0.05) is 5.69 Å². The van der Waals surface area contributed by atoms with Gasteiger partial charge in [-0.15, -0.1) is 0 Å². The number of aryl methyl sites for hydroxylation is 3. The van der Waals surface area contributed by atoms with Gasteiger partial charge < -0.3 is 10.3 Å². The SMILES string of the molecule is Cc1cccc(C)c1-n1c(CNc2ncnc3[nH]cnc23)cc2cccc(C)c2c1=O. The Kier molecular flexibility index (Phi) is 4.51. The van der Waals surface area contributed by atoms with Crippen LogP contribution in [0.2, 0.25) is 0 Å². The van der Waals surface area contributed by atoms with Crippen LogP contribution in [0.1, 0.15) is 22.4 Å². The van der Waals surface area contributed by atoms with Gasteiger partial charge in [0.05, 0.1) is 23.9 Å². The molecule has 5 rings (SSSR count). The van der Waals surface area contributed by atoms with Crippen LogP contribution in [-0.4, -0.2) is 24.5 Å². The molecule has 0 aliphatic carbocycles. The minimum atomic E-state index is -0.0163. The molecular weight excluding hydrogens is 388 g/mol. The zero-order chi connectivity index (χ0) is 21.5. The molecule has 2 aromatic carbocycles. The van der Waals surface area contributed by atoms with Gasteiger partial charge in [0.1, 0.15) is 11.8 Å². The predicted octanol–water partition coefficient (Wildman–Crippen LogP) is 4.19. The van der Waals surface area contributed by atoms with Crippen LogP contribution in [0.4, 0.5) is 5.82 Å². The molecule has 3 heterocycles. The number of H-pyrrole nitrogens is 1. The number of aromatic nitrogens is 5. The first kappa shape index (κ1) is 19.0. The van der Waals surface area contributed by atoms with Crippen molar-refractivity contribution in [1.29, 1.82) is 0 Å². The number of fused-ring (bicyclic) bond motifs is 2. The topological polar surface area (TPSA) is 88.5 Å². The number of nitrogens with one attached hydrogen (secondary N) is 2. The van der Waals surface area contributed by atoms with E-state index in [1.165, 1.54) is 6.33 Å². The summed E-state index contributed by atoms with van der Waals surface area (Å²) in [5.41, 5.74) is 6.15. The number of hydrogen-bond acceptors (Lipinski definition) is 5. The number of pyridine rings is 1. The van der Waals surface area contributed by atoms with E-state index < -0.39 is 0 Å². The Morgan fingerprint density at radius 2 is 1.71 bits per heavy atom. The fourth-order valence-electron chi connectivity index (χ4n) is 4.19. The van der Waals surface area contributed by atoms with E-state index >= 15 is 0 Å². The van der Waals surface area contributed by atoms with Crippen molar-refractivity contribution >= 4 is 27.8 Å². The third-order valence-electron chi connectivity index (χ3n) is 5.65. The van der Waals surface area contributed by atoms with Crippen LogP contribution in [0, 0.1) is 20.8 Å². The lowest BCUT2D eigenvalue weighted by Gasteiger charge is -2.19. The van der Waals surface area contributed by atoms with Crippen LogP contribution in [-0.2, 0) is 6.54 Å². The minimum Gasteiger partial charge on any atom is -0.363 e. The maximum atomic E-state index is 13.7. The predicted molar refractivity (Wildman–Crippen MR) is 123 cm³/mol. The lowest BCUT2D eigenvalue weighted by Crippen LogP contribution is -2.25. The van der Waals surface area contributed by atoms with E-state index in [4.69, 9.17) is 0 Å². The summed E-state index contributed by atoms with van der Waals surface area (Å²) in [5.74, 6) is 0.621. The molecule has 0 bridgehead atoms. The van der Waals surface area contributed by atoms with Gasteiger partial charge in [0.15, 0.2) is 11.5 Å². The molecule has 0 spiro atoms. The lowest BCUT2D eigenvalue weighted by molar-refractivity contribution is 0.877. The molecule has 2 N–H and O–H groups in total. The molecule has 31 heavy (non-hydrogen) atoms. The molecule has 3 aromatic heterocycles. The first-order valence-corrected chi connectivity index (χ1v) is 10.1. The highest BCUT2D eigenvalue weighted by Gasteiger charge is 2.16. The summed E-state index contributed by atoms with van der Waals surface area (Å²) < 4.78 is 1.83. The highest BCUT2D eigenvalue weighted by molar-refractivity contribution is 5.86. The van der Waals surface area contributed by atoms with Gasteiger partial charge in [-0.05, 0) is 48.9 Å². The maximum Gasteiger partial charge on any atom is 0.263 e. The monoisotopic (exact) mass is 410 g/mol. The van der Waals surface area contributed by atoms with E-state index in [2.05, 4.69) is 31.3 Å². The minimum absolute atomic E-state index is 0.0163. The quantitative estimate of drug-likeness (QED) is 0.464. The Bertz CT molecular complexity index is 1480. The summed E-state index contributed by atoms with van der Waals surface area (Å²) in [6.07, 6.45) is 3.08. The Labute approximate surface area is 178 Å².